The molecule has 10 heteroatoms. The molecule has 2 aromatic heterocycles. The van der Waals surface area contributed by atoms with Gasteiger partial charge in [0.1, 0.15) is 5.75 Å². The van der Waals surface area contributed by atoms with Gasteiger partial charge in [0.15, 0.2) is 0 Å². The van der Waals surface area contributed by atoms with Gasteiger partial charge in [-0.2, -0.15) is 0 Å². The molecule has 4 heterocycles. The van der Waals surface area contributed by atoms with Crippen molar-refractivity contribution in [1.29, 1.82) is 0 Å². The van der Waals surface area contributed by atoms with Crippen LogP contribution in [0.25, 0.3) is 0 Å². The average Bonchev–Trinajstić information content (AvgIpc) is 3.52. The van der Waals surface area contributed by atoms with Crippen molar-refractivity contribution in [2.24, 2.45) is 0 Å². The molecule has 3 amide bonds. The molecule has 34 heavy (non-hydrogen) atoms. The van der Waals surface area contributed by atoms with Crippen molar-refractivity contribution in [3.63, 3.8) is 0 Å². The number of nitrogens with zero attached hydrogens (tertiary/aromatic N) is 4. The van der Waals surface area contributed by atoms with E-state index in [2.05, 4.69) is 20.5 Å². The summed E-state index contributed by atoms with van der Waals surface area (Å²) < 4.78 is 5.28. The molecule has 0 saturated carbocycles. The summed E-state index contributed by atoms with van der Waals surface area (Å²) in [7, 11) is 1.60. The number of piperazine rings is 1. The Morgan fingerprint density at radius 1 is 1.09 bits per heavy atom. The first-order valence-electron chi connectivity index (χ1n) is 11.2. The van der Waals surface area contributed by atoms with Gasteiger partial charge in [0.05, 0.1) is 34.6 Å². The molecule has 2 N–H and O–H groups in total. The third kappa shape index (κ3) is 4.42. The van der Waals surface area contributed by atoms with Gasteiger partial charge in [-0.15, -0.1) is 11.3 Å². The number of carbonyl (C=O) groups excluding carboxylic acids is 2. The minimum Gasteiger partial charge on any atom is -0.497 e. The standard InChI is InChI=1S/C24H26N6O3S/c1-33-18-4-2-3-17(15-18)29-13-14-30(24(29)32)22-6-5-21(34-22)23(31)27-19-16-26-8-7-20(19)28-11-9-25-10-12-28/h2-8,15-16,25H,9-14H2,1H3,(H,27,31). The van der Waals surface area contributed by atoms with E-state index < -0.39 is 0 Å². The van der Waals surface area contributed by atoms with E-state index in [1.54, 1.807) is 35.4 Å². The van der Waals surface area contributed by atoms with Crippen LogP contribution in [0.2, 0.25) is 0 Å². The average molecular weight is 479 g/mol. The molecule has 0 bridgehead atoms. The Balaban J connectivity index is 1.29. The Hall–Kier alpha value is -3.63. The van der Waals surface area contributed by atoms with Gasteiger partial charge < -0.3 is 20.3 Å². The normalized spacial score (nSPS) is 16.1. The van der Waals surface area contributed by atoms with Crippen LogP contribution in [0.4, 0.5) is 26.9 Å². The van der Waals surface area contributed by atoms with Crippen LogP contribution in [0.3, 0.4) is 0 Å². The molecule has 0 aliphatic carbocycles. The number of thiophene rings is 1. The van der Waals surface area contributed by atoms with Crippen LogP contribution in [0.5, 0.6) is 5.75 Å². The predicted octanol–water partition coefficient (Wildman–Crippen LogP) is 3.26. The van der Waals surface area contributed by atoms with Crippen molar-refractivity contribution in [3.05, 3.63) is 59.7 Å². The molecule has 5 rings (SSSR count). The molecule has 2 aliphatic rings. The first-order chi connectivity index (χ1) is 16.6. The summed E-state index contributed by atoms with van der Waals surface area (Å²) in [5.41, 5.74) is 2.44. The zero-order valence-corrected chi connectivity index (χ0v) is 19.7. The van der Waals surface area contributed by atoms with Gasteiger partial charge in [-0.1, -0.05) is 6.07 Å². The fourth-order valence-corrected chi connectivity index (χ4v) is 5.12. The molecule has 0 atom stereocenters. The second-order valence-electron chi connectivity index (χ2n) is 8.01. The number of rotatable bonds is 6. The minimum absolute atomic E-state index is 0.115. The Kier molecular flexibility index (Phi) is 6.33. The summed E-state index contributed by atoms with van der Waals surface area (Å²) in [6.45, 7) is 4.66. The summed E-state index contributed by atoms with van der Waals surface area (Å²) in [6.07, 6.45) is 3.42. The maximum absolute atomic E-state index is 13.1. The molecule has 0 spiro atoms. The number of methoxy groups -OCH3 is 1. The van der Waals surface area contributed by atoms with Crippen molar-refractivity contribution in [1.82, 2.24) is 10.3 Å². The molecule has 176 valence electrons. The third-order valence-corrected chi connectivity index (χ3v) is 7.07. The van der Waals surface area contributed by atoms with Gasteiger partial charge in [0.25, 0.3) is 5.91 Å². The van der Waals surface area contributed by atoms with E-state index in [1.807, 2.05) is 36.4 Å². The lowest BCUT2D eigenvalue weighted by molar-refractivity contribution is 0.103. The van der Waals surface area contributed by atoms with Crippen LogP contribution < -0.4 is 30.1 Å². The largest absolute Gasteiger partial charge is 0.497 e. The molecule has 0 radical (unpaired) electrons. The maximum atomic E-state index is 13.1. The lowest BCUT2D eigenvalue weighted by Gasteiger charge is -2.30. The topological polar surface area (TPSA) is 90.0 Å². The fourth-order valence-electron chi connectivity index (χ4n) is 4.20. The monoisotopic (exact) mass is 478 g/mol. The molecule has 0 unspecified atom stereocenters. The smallest absolute Gasteiger partial charge is 0.329 e. The molecule has 3 aromatic rings. The maximum Gasteiger partial charge on any atom is 0.329 e. The number of hydrogen-bond acceptors (Lipinski definition) is 7. The fraction of sp³-hybridized carbons (Fsp3) is 0.292. The number of amides is 3. The second-order valence-corrected chi connectivity index (χ2v) is 9.07. The SMILES string of the molecule is COc1cccc(N2CCN(c3ccc(C(=O)Nc4cnccc4N4CCNCC4)s3)C2=O)c1. The van der Waals surface area contributed by atoms with Crippen molar-refractivity contribution in [2.45, 2.75) is 0 Å². The Morgan fingerprint density at radius 3 is 2.74 bits per heavy atom. The first kappa shape index (κ1) is 22.2. The highest BCUT2D eigenvalue weighted by Crippen LogP contribution is 2.33. The summed E-state index contributed by atoms with van der Waals surface area (Å²) in [4.78, 5) is 36.5. The van der Waals surface area contributed by atoms with Crippen LogP contribution in [0.15, 0.2) is 54.9 Å². The highest BCUT2D eigenvalue weighted by Gasteiger charge is 2.32. The zero-order valence-electron chi connectivity index (χ0n) is 18.9. The van der Waals surface area contributed by atoms with Crippen LogP contribution >= 0.6 is 11.3 Å². The van der Waals surface area contributed by atoms with Crippen molar-refractivity contribution in [3.8, 4) is 5.75 Å². The van der Waals surface area contributed by atoms with E-state index in [0.29, 0.717) is 29.4 Å². The molecule has 1 aromatic carbocycles. The molecular formula is C24H26N6O3S. The predicted molar refractivity (Wildman–Crippen MR) is 135 cm³/mol. The lowest BCUT2D eigenvalue weighted by atomic mass is 10.2. The van der Waals surface area contributed by atoms with E-state index in [9.17, 15) is 9.59 Å². The summed E-state index contributed by atoms with van der Waals surface area (Å²) in [5.74, 6) is 0.492. The van der Waals surface area contributed by atoms with Crippen molar-refractivity contribution in [2.75, 3.05) is 66.4 Å². The van der Waals surface area contributed by atoms with Crippen molar-refractivity contribution < 1.29 is 14.3 Å². The highest BCUT2D eigenvalue weighted by atomic mass is 32.1. The number of pyridine rings is 1. The number of benzene rings is 1. The Bertz CT molecular complexity index is 1190. The molecule has 2 aliphatic heterocycles. The van der Waals surface area contributed by atoms with E-state index in [1.165, 1.54) is 11.3 Å². The van der Waals surface area contributed by atoms with Gasteiger partial charge in [0.2, 0.25) is 0 Å². The number of hydrogen-bond donors (Lipinski definition) is 2. The Morgan fingerprint density at radius 2 is 1.91 bits per heavy atom. The highest BCUT2D eigenvalue weighted by molar-refractivity contribution is 7.18. The summed E-state index contributed by atoms with van der Waals surface area (Å²) >= 11 is 1.31. The number of urea groups is 1. The molecule has 2 fully saturated rings. The number of ether oxygens (including phenoxy) is 1. The van der Waals surface area contributed by atoms with Gasteiger partial charge in [0, 0.05) is 57.2 Å². The van der Waals surface area contributed by atoms with Gasteiger partial charge in [-0.3, -0.25) is 19.6 Å². The summed E-state index contributed by atoms with van der Waals surface area (Å²) in [5, 5.41) is 7.09. The van der Waals surface area contributed by atoms with Crippen LogP contribution in [-0.4, -0.2) is 63.3 Å². The van der Waals surface area contributed by atoms with Crippen LogP contribution in [0, 0.1) is 0 Å². The van der Waals surface area contributed by atoms with E-state index in [4.69, 9.17) is 4.74 Å². The molecular weight excluding hydrogens is 452 g/mol. The quantitative estimate of drug-likeness (QED) is 0.565. The number of anilines is 4. The zero-order chi connectivity index (χ0) is 23.5. The van der Waals surface area contributed by atoms with Crippen LogP contribution in [0.1, 0.15) is 9.67 Å². The van der Waals surface area contributed by atoms with Crippen molar-refractivity contribution >= 4 is 45.3 Å². The first-order valence-corrected chi connectivity index (χ1v) is 12.0. The number of carbonyl (C=O) groups is 2. The van der Waals surface area contributed by atoms with E-state index >= 15 is 0 Å². The Labute approximate surface area is 201 Å². The van der Waals surface area contributed by atoms with Gasteiger partial charge in [-0.05, 0) is 30.3 Å². The van der Waals surface area contributed by atoms with Crippen LogP contribution in [-0.2, 0) is 0 Å². The number of aromatic nitrogens is 1. The molecule has 2 saturated heterocycles. The number of nitrogens with one attached hydrogen (secondary N) is 2. The lowest BCUT2D eigenvalue weighted by Crippen LogP contribution is -2.43. The van der Waals surface area contributed by atoms with Gasteiger partial charge >= 0.3 is 6.03 Å². The molecule has 9 nitrogen and oxygen atoms in total. The third-order valence-electron chi connectivity index (χ3n) is 5.96. The second kappa shape index (κ2) is 9.70. The van der Waals surface area contributed by atoms with E-state index in [0.717, 1.165) is 42.6 Å². The summed E-state index contributed by atoms with van der Waals surface area (Å²) in [6, 6.07) is 12.9. The van der Waals surface area contributed by atoms with E-state index in [-0.39, 0.29) is 11.9 Å². The minimum atomic E-state index is -0.211. The van der Waals surface area contributed by atoms with Gasteiger partial charge in [-0.25, -0.2) is 4.79 Å².